The Kier molecular flexibility index (Phi) is 5.00. The summed E-state index contributed by atoms with van der Waals surface area (Å²) in [6.45, 7) is 0. The van der Waals surface area contributed by atoms with E-state index in [0.717, 1.165) is 27.5 Å². The van der Waals surface area contributed by atoms with Gasteiger partial charge in [0.15, 0.2) is 11.5 Å². The number of nitrogens with zero attached hydrogens (tertiary/aromatic N) is 2. The third-order valence-electron chi connectivity index (χ3n) is 4.69. The Hall–Kier alpha value is -2.57. The Balaban J connectivity index is 1.93. The van der Waals surface area contributed by atoms with Gasteiger partial charge in [-0.05, 0) is 23.8 Å². The zero-order valence-electron chi connectivity index (χ0n) is 15.7. The number of ether oxygens (including phenoxy) is 2. The first-order chi connectivity index (χ1) is 13.8. The fourth-order valence-corrected chi connectivity index (χ4v) is 4.31. The SMILES string of the molecule is COc1cc2ncc3c(Cl)cn(-c4ccc(CP(=O)(O)O)cc4)c3c2cc1OC. The lowest BCUT2D eigenvalue weighted by molar-refractivity contribution is 0.356. The molecule has 0 saturated carbocycles. The highest BCUT2D eigenvalue weighted by Crippen LogP contribution is 2.40. The van der Waals surface area contributed by atoms with Crippen molar-refractivity contribution in [3.8, 4) is 17.2 Å². The van der Waals surface area contributed by atoms with Crippen LogP contribution in [0, 0.1) is 0 Å². The van der Waals surface area contributed by atoms with Gasteiger partial charge in [-0.25, -0.2) is 0 Å². The van der Waals surface area contributed by atoms with Gasteiger partial charge in [0, 0.05) is 34.9 Å². The summed E-state index contributed by atoms with van der Waals surface area (Å²) in [6.07, 6.45) is 3.21. The van der Waals surface area contributed by atoms with Gasteiger partial charge in [0.2, 0.25) is 0 Å². The van der Waals surface area contributed by atoms with E-state index in [1.807, 2.05) is 16.7 Å². The molecule has 0 radical (unpaired) electrons. The van der Waals surface area contributed by atoms with Crippen LogP contribution in [0.25, 0.3) is 27.5 Å². The summed E-state index contributed by atoms with van der Waals surface area (Å²) in [5.74, 6) is 1.16. The second-order valence-corrected chi connectivity index (χ2v) is 8.63. The minimum atomic E-state index is -4.12. The van der Waals surface area contributed by atoms with E-state index in [1.54, 1.807) is 50.9 Å². The third-order valence-corrected chi connectivity index (χ3v) is 5.77. The Bertz CT molecular complexity index is 1260. The van der Waals surface area contributed by atoms with Gasteiger partial charge in [0.25, 0.3) is 0 Å². The molecule has 0 aliphatic carbocycles. The van der Waals surface area contributed by atoms with Crippen molar-refractivity contribution in [2.75, 3.05) is 14.2 Å². The predicted octanol–water partition coefficient (Wildman–Crippen LogP) is 4.53. The van der Waals surface area contributed by atoms with Gasteiger partial charge < -0.3 is 23.8 Å². The van der Waals surface area contributed by atoms with Crippen LogP contribution in [0.2, 0.25) is 5.02 Å². The number of rotatable bonds is 5. The summed E-state index contributed by atoms with van der Waals surface area (Å²) in [4.78, 5) is 22.8. The second-order valence-electron chi connectivity index (χ2n) is 6.58. The van der Waals surface area contributed by atoms with E-state index in [9.17, 15) is 14.4 Å². The van der Waals surface area contributed by atoms with Crippen LogP contribution in [-0.4, -0.2) is 33.6 Å². The van der Waals surface area contributed by atoms with Gasteiger partial charge in [0.1, 0.15) is 0 Å². The summed E-state index contributed by atoms with van der Waals surface area (Å²) in [6, 6.07) is 10.7. The molecule has 4 aromatic rings. The predicted molar refractivity (Wildman–Crippen MR) is 112 cm³/mol. The fourth-order valence-electron chi connectivity index (χ4n) is 3.39. The Labute approximate surface area is 171 Å². The van der Waals surface area contributed by atoms with E-state index in [1.165, 1.54) is 0 Å². The zero-order valence-corrected chi connectivity index (χ0v) is 17.3. The summed E-state index contributed by atoms with van der Waals surface area (Å²) in [5, 5.41) is 2.17. The third kappa shape index (κ3) is 3.70. The number of methoxy groups -OCH3 is 2. The summed E-state index contributed by atoms with van der Waals surface area (Å²) in [5.41, 5.74) is 2.94. The van der Waals surface area contributed by atoms with Crippen molar-refractivity contribution in [3.63, 3.8) is 0 Å². The van der Waals surface area contributed by atoms with Crippen molar-refractivity contribution in [1.82, 2.24) is 9.55 Å². The fraction of sp³-hybridized carbons (Fsp3) is 0.150. The van der Waals surface area contributed by atoms with Crippen molar-refractivity contribution >= 4 is 41.0 Å². The van der Waals surface area contributed by atoms with E-state index in [2.05, 4.69) is 4.98 Å². The number of hydrogen-bond donors (Lipinski definition) is 2. The summed E-state index contributed by atoms with van der Waals surface area (Å²) in [7, 11) is -0.978. The van der Waals surface area contributed by atoms with Crippen molar-refractivity contribution in [2.24, 2.45) is 0 Å². The van der Waals surface area contributed by atoms with Gasteiger partial charge in [-0.3, -0.25) is 9.55 Å². The van der Waals surface area contributed by atoms with E-state index in [0.29, 0.717) is 22.1 Å². The highest BCUT2D eigenvalue weighted by molar-refractivity contribution is 7.50. The van der Waals surface area contributed by atoms with Gasteiger partial charge in [0.05, 0.1) is 36.4 Å². The molecule has 2 N–H and O–H groups in total. The maximum atomic E-state index is 11.2. The van der Waals surface area contributed by atoms with Crippen molar-refractivity contribution in [2.45, 2.75) is 6.16 Å². The van der Waals surface area contributed by atoms with Gasteiger partial charge in [-0.2, -0.15) is 0 Å². The standard InChI is InChI=1S/C20H18ClN2O5P/c1-27-18-7-14-17(8-19(18)28-2)22-9-15-16(21)10-23(20(14)15)13-5-3-12(4-6-13)11-29(24,25)26/h3-10H,11H2,1-2H3,(H2,24,25,26). The van der Waals surface area contributed by atoms with Crippen molar-refractivity contribution in [3.05, 3.63) is 59.4 Å². The molecule has 0 atom stereocenters. The molecule has 0 aliphatic heterocycles. The normalized spacial score (nSPS) is 11.9. The molecular formula is C20H18ClN2O5P. The molecule has 29 heavy (non-hydrogen) atoms. The number of pyridine rings is 1. The van der Waals surface area contributed by atoms with Crippen LogP contribution in [-0.2, 0) is 10.7 Å². The molecule has 2 heterocycles. The Morgan fingerprint density at radius 2 is 1.72 bits per heavy atom. The largest absolute Gasteiger partial charge is 0.493 e. The van der Waals surface area contributed by atoms with E-state index in [-0.39, 0.29) is 6.16 Å². The molecule has 2 aromatic carbocycles. The lowest BCUT2D eigenvalue weighted by atomic mass is 10.1. The second kappa shape index (κ2) is 7.35. The van der Waals surface area contributed by atoms with E-state index < -0.39 is 7.60 Å². The molecule has 0 saturated heterocycles. The van der Waals surface area contributed by atoms with Crippen LogP contribution >= 0.6 is 19.2 Å². The molecular weight excluding hydrogens is 415 g/mol. The molecule has 0 spiro atoms. The first-order valence-electron chi connectivity index (χ1n) is 8.66. The first kappa shape index (κ1) is 19.7. The minimum absolute atomic E-state index is 0.301. The van der Waals surface area contributed by atoms with Crippen LogP contribution < -0.4 is 9.47 Å². The number of benzene rings is 2. The number of halogens is 1. The van der Waals surface area contributed by atoms with Crippen LogP contribution in [0.3, 0.4) is 0 Å². The molecule has 0 fully saturated rings. The van der Waals surface area contributed by atoms with Crippen LogP contribution in [0.15, 0.2) is 48.8 Å². The smallest absolute Gasteiger partial charge is 0.329 e. The molecule has 2 aromatic heterocycles. The first-order valence-corrected chi connectivity index (χ1v) is 10.8. The number of fused-ring (bicyclic) bond motifs is 3. The summed E-state index contributed by atoms with van der Waals surface area (Å²) >= 11 is 6.46. The molecule has 9 heteroatoms. The topological polar surface area (TPSA) is 93.8 Å². The average molecular weight is 433 g/mol. The lowest BCUT2D eigenvalue weighted by Gasteiger charge is -2.12. The van der Waals surface area contributed by atoms with Gasteiger partial charge >= 0.3 is 7.60 Å². The Morgan fingerprint density at radius 3 is 2.34 bits per heavy atom. The number of aromatic nitrogens is 2. The monoisotopic (exact) mass is 432 g/mol. The minimum Gasteiger partial charge on any atom is -0.493 e. The maximum absolute atomic E-state index is 11.2. The maximum Gasteiger partial charge on any atom is 0.329 e. The average Bonchev–Trinajstić information content (AvgIpc) is 3.03. The quantitative estimate of drug-likeness (QED) is 0.450. The van der Waals surface area contributed by atoms with Crippen LogP contribution in [0.4, 0.5) is 0 Å². The number of hydrogen-bond acceptors (Lipinski definition) is 4. The molecule has 4 rings (SSSR count). The lowest BCUT2D eigenvalue weighted by Crippen LogP contribution is -1.96. The van der Waals surface area contributed by atoms with E-state index in [4.69, 9.17) is 21.1 Å². The van der Waals surface area contributed by atoms with Gasteiger partial charge in [-0.15, -0.1) is 0 Å². The highest BCUT2D eigenvalue weighted by atomic mass is 35.5. The molecule has 7 nitrogen and oxygen atoms in total. The van der Waals surface area contributed by atoms with Crippen molar-refractivity contribution < 1.29 is 23.8 Å². The zero-order chi connectivity index (χ0) is 20.8. The highest BCUT2D eigenvalue weighted by Gasteiger charge is 2.17. The summed E-state index contributed by atoms with van der Waals surface area (Å²) < 4.78 is 24.0. The molecule has 0 unspecified atom stereocenters. The van der Waals surface area contributed by atoms with E-state index >= 15 is 0 Å². The van der Waals surface area contributed by atoms with Crippen LogP contribution in [0.1, 0.15) is 5.56 Å². The molecule has 150 valence electrons. The molecule has 0 amide bonds. The van der Waals surface area contributed by atoms with Crippen molar-refractivity contribution in [1.29, 1.82) is 0 Å². The Morgan fingerprint density at radius 1 is 1.07 bits per heavy atom. The van der Waals surface area contributed by atoms with Gasteiger partial charge in [-0.1, -0.05) is 23.7 Å². The molecule has 0 bridgehead atoms. The molecule has 0 aliphatic rings. The van der Waals surface area contributed by atoms with Crippen LogP contribution in [0.5, 0.6) is 11.5 Å².